The van der Waals surface area contributed by atoms with E-state index in [1.807, 2.05) is 44.2 Å². The molecule has 9 nitrogen and oxygen atoms in total. The van der Waals surface area contributed by atoms with E-state index >= 15 is 0 Å². The quantitative estimate of drug-likeness (QED) is 0.482. The molecule has 0 aliphatic carbocycles. The van der Waals surface area contributed by atoms with E-state index in [9.17, 15) is 22.8 Å². The minimum atomic E-state index is -3.58. The second-order valence-electron chi connectivity index (χ2n) is 10.3. The molecule has 3 amide bonds. The molecule has 0 saturated carbocycles. The molecule has 2 fully saturated rings. The fraction of sp³-hybridized carbons (Fsp3) is 0.483. The molecule has 1 unspecified atom stereocenters. The lowest BCUT2D eigenvalue weighted by Crippen LogP contribution is -2.44. The molecule has 2 heterocycles. The van der Waals surface area contributed by atoms with Crippen LogP contribution in [-0.2, 0) is 24.4 Å². The summed E-state index contributed by atoms with van der Waals surface area (Å²) >= 11 is 0. The van der Waals surface area contributed by atoms with Crippen molar-refractivity contribution < 1.29 is 22.8 Å². The highest BCUT2D eigenvalue weighted by Gasteiger charge is 2.38. The van der Waals surface area contributed by atoms with Gasteiger partial charge in [0.15, 0.2) is 0 Å². The van der Waals surface area contributed by atoms with Crippen molar-refractivity contribution in [3.05, 3.63) is 54.6 Å². The van der Waals surface area contributed by atoms with Crippen molar-refractivity contribution in [1.29, 1.82) is 0 Å². The number of piperidine rings is 1. The Morgan fingerprint density at radius 1 is 0.923 bits per heavy atom. The van der Waals surface area contributed by atoms with Crippen LogP contribution in [-0.4, -0.2) is 68.1 Å². The number of amides is 3. The molecule has 0 spiro atoms. The number of nitrogens with zero attached hydrogens (tertiary/aromatic N) is 3. The maximum Gasteiger partial charge on any atom is 0.243 e. The number of carbonyl (C=O) groups excluding carboxylic acids is 3. The Hall–Kier alpha value is -3.24. The van der Waals surface area contributed by atoms with Gasteiger partial charge in [0.1, 0.15) is 0 Å². The van der Waals surface area contributed by atoms with Crippen LogP contribution in [0.25, 0.3) is 0 Å². The molecule has 2 aromatic carbocycles. The van der Waals surface area contributed by atoms with Crippen LogP contribution in [0.15, 0.2) is 59.5 Å². The first-order chi connectivity index (χ1) is 18.7. The summed E-state index contributed by atoms with van der Waals surface area (Å²) < 4.78 is 27.4. The zero-order valence-corrected chi connectivity index (χ0v) is 23.5. The van der Waals surface area contributed by atoms with Gasteiger partial charge in [-0.2, -0.15) is 4.31 Å². The number of hydrogen-bond acceptors (Lipinski definition) is 5. The summed E-state index contributed by atoms with van der Waals surface area (Å²) in [4.78, 5) is 42.2. The minimum absolute atomic E-state index is 0.0300. The predicted octanol–water partition coefficient (Wildman–Crippen LogP) is 3.73. The minimum Gasteiger partial charge on any atom is -0.342 e. The number of benzene rings is 2. The fourth-order valence-electron chi connectivity index (χ4n) is 5.31. The number of carbonyl (C=O) groups is 3. The van der Waals surface area contributed by atoms with Crippen molar-refractivity contribution >= 4 is 39.1 Å². The van der Waals surface area contributed by atoms with Gasteiger partial charge in [0.2, 0.25) is 27.7 Å². The van der Waals surface area contributed by atoms with Gasteiger partial charge < -0.3 is 15.1 Å². The summed E-state index contributed by atoms with van der Waals surface area (Å²) in [5, 5.41) is 2.90. The van der Waals surface area contributed by atoms with Crippen LogP contribution in [0.3, 0.4) is 0 Å². The first kappa shape index (κ1) is 28.8. The molecule has 1 N–H and O–H groups in total. The van der Waals surface area contributed by atoms with E-state index in [1.54, 1.807) is 21.9 Å². The van der Waals surface area contributed by atoms with Crippen molar-refractivity contribution in [3.63, 3.8) is 0 Å². The Bertz CT molecular complexity index is 1250. The third-order valence-corrected chi connectivity index (χ3v) is 9.34. The molecule has 10 heteroatoms. The maximum absolute atomic E-state index is 13.1. The van der Waals surface area contributed by atoms with Crippen molar-refractivity contribution in [1.82, 2.24) is 9.21 Å². The zero-order chi connectivity index (χ0) is 28.0. The number of rotatable bonds is 10. The SMILES string of the molecule is CCCN(CCC)S(=O)(=O)c1ccc(NC(=O)C2CCN(C(=O)C3CC(=O)N(c4ccccc4)C3)CC2)cc1. The number of anilines is 2. The largest absolute Gasteiger partial charge is 0.342 e. The Morgan fingerprint density at radius 3 is 2.13 bits per heavy atom. The van der Waals surface area contributed by atoms with Crippen molar-refractivity contribution in [2.45, 2.75) is 50.8 Å². The van der Waals surface area contributed by atoms with Gasteiger partial charge in [0.05, 0.1) is 10.8 Å². The smallest absolute Gasteiger partial charge is 0.243 e. The van der Waals surface area contributed by atoms with E-state index in [1.165, 1.54) is 16.4 Å². The van der Waals surface area contributed by atoms with Gasteiger partial charge in [0.25, 0.3) is 0 Å². The van der Waals surface area contributed by atoms with Crippen molar-refractivity contribution in [3.8, 4) is 0 Å². The molecule has 2 aliphatic heterocycles. The van der Waals surface area contributed by atoms with Crippen molar-refractivity contribution in [2.75, 3.05) is 42.9 Å². The first-order valence-corrected chi connectivity index (χ1v) is 15.2. The van der Waals surface area contributed by atoms with E-state index in [2.05, 4.69) is 5.32 Å². The molecular weight excluding hydrogens is 516 g/mol. The Kier molecular flexibility index (Phi) is 9.40. The van der Waals surface area contributed by atoms with Gasteiger partial charge in [-0.25, -0.2) is 8.42 Å². The number of hydrogen-bond donors (Lipinski definition) is 1. The number of nitrogens with one attached hydrogen (secondary N) is 1. The van der Waals surface area contributed by atoms with E-state index in [4.69, 9.17) is 0 Å². The Labute approximate surface area is 231 Å². The summed E-state index contributed by atoms with van der Waals surface area (Å²) in [7, 11) is -3.58. The van der Waals surface area contributed by atoms with Gasteiger partial charge in [-0.1, -0.05) is 32.0 Å². The number of para-hydroxylation sites is 1. The monoisotopic (exact) mass is 554 g/mol. The van der Waals surface area contributed by atoms with E-state index in [0.717, 1.165) is 18.5 Å². The molecule has 0 bridgehead atoms. The van der Waals surface area contributed by atoms with E-state index in [-0.39, 0.29) is 40.9 Å². The van der Waals surface area contributed by atoms with Gasteiger partial charge in [-0.3, -0.25) is 14.4 Å². The normalized spacial score (nSPS) is 18.5. The number of likely N-dealkylation sites (tertiary alicyclic amines) is 1. The molecule has 2 aliphatic rings. The molecule has 2 saturated heterocycles. The second kappa shape index (κ2) is 12.7. The summed E-state index contributed by atoms with van der Waals surface area (Å²) in [5.74, 6) is -0.826. The Morgan fingerprint density at radius 2 is 1.54 bits per heavy atom. The highest BCUT2D eigenvalue weighted by atomic mass is 32.2. The predicted molar refractivity (Wildman–Crippen MR) is 151 cm³/mol. The molecule has 39 heavy (non-hydrogen) atoms. The molecular formula is C29H38N4O5S. The zero-order valence-electron chi connectivity index (χ0n) is 22.7. The lowest BCUT2D eigenvalue weighted by atomic mass is 9.94. The summed E-state index contributed by atoms with van der Waals surface area (Å²) in [6.07, 6.45) is 2.76. The third-order valence-electron chi connectivity index (χ3n) is 7.43. The number of sulfonamides is 1. The third kappa shape index (κ3) is 6.67. The second-order valence-corrected chi connectivity index (χ2v) is 12.2. The summed E-state index contributed by atoms with van der Waals surface area (Å²) in [6.45, 7) is 6.15. The van der Waals surface area contributed by atoms with Gasteiger partial charge in [0, 0.05) is 56.4 Å². The van der Waals surface area contributed by atoms with Crippen LogP contribution in [0.1, 0.15) is 46.0 Å². The average Bonchev–Trinajstić information content (AvgIpc) is 3.34. The van der Waals surface area contributed by atoms with Crippen LogP contribution < -0.4 is 10.2 Å². The molecule has 0 aromatic heterocycles. The van der Waals surface area contributed by atoms with Gasteiger partial charge in [-0.05, 0) is 62.1 Å². The molecule has 0 radical (unpaired) electrons. The topological polar surface area (TPSA) is 107 Å². The highest BCUT2D eigenvalue weighted by Crippen LogP contribution is 2.28. The average molecular weight is 555 g/mol. The van der Waals surface area contributed by atoms with Crippen LogP contribution >= 0.6 is 0 Å². The fourth-order valence-corrected chi connectivity index (χ4v) is 6.93. The lowest BCUT2D eigenvalue weighted by Gasteiger charge is -2.33. The molecule has 2 aromatic rings. The summed E-state index contributed by atoms with van der Waals surface area (Å²) in [6, 6.07) is 15.7. The van der Waals surface area contributed by atoms with Crippen LogP contribution in [0.5, 0.6) is 0 Å². The van der Waals surface area contributed by atoms with Crippen molar-refractivity contribution in [2.24, 2.45) is 11.8 Å². The Balaban J connectivity index is 1.29. The molecule has 1 atom stereocenters. The van der Waals surface area contributed by atoms with Crippen LogP contribution in [0, 0.1) is 11.8 Å². The summed E-state index contributed by atoms with van der Waals surface area (Å²) in [5.41, 5.74) is 1.35. The lowest BCUT2D eigenvalue weighted by molar-refractivity contribution is -0.138. The van der Waals surface area contributed by atoms with Crippen LogP contribution in [0.4, 0.5) is 11.4 Å². The maximum atomic E-state index is 13.1. The highest BCUT2D eigenvalue weighted by molar-refractivity contribution is 7.89. The van der Waals surface area contributed by atoms with Gasteiger partial charge in [-0.15, -0.1) is 0 Å². The first-order valence-electron chi connectivity index (χ1n) is 13.8. The standard InChI is InChI=1S/C29H38N4O5S/c1-3-16-32(17-4-2)39(37,38)26-12-10-24(11-13-26)30-28(35)22-14-18-31(19-15-22)29(36)23-20-27(34)33(21-23)25-8-6-5-7-9-25/h5-13,22-23H,3-4,14-21H2,1-2H3,(H,30,35). The van der Waals surface area contributed by atoms with E-state index in [0.29, 0.717) is 51.3 Å². The van der Waals surface area contributed by atoms with E-state index < -0.39 is 10.0 Å². The van der Waals surface area contributed by atoms with Gasteiger partial charge >= 0.3 is 0 Å². The molecule has 4 rings (SSSR count). The molecule has 210 valence electrons. The van der Waals surface area contributed by atoms with Crippen LogP contribution in [0.2, 0.25) is 0 Å².